The van der Waals surface area contributed by atoms with Gasteiger partial charge in [-0.2, -0.15) is 0 Å². The van der Waals surface area contributed by atoms with Crippen LogP contribution >= 0.6 is 11.6 Å². The van der Waals surface area contributed by atoms with E-state index in [1.165, 1.54) is 33.9 Å². The van der Waals surface area contributed by atoms with Gasteiger partial charge in [-0.25, -0.2) is 46.7 Å². The van der Waals surface area contributed by atoms with Crippen molar-refractivity contribution in [2.45, 2.75) is 117 Å². The fourth-order valence-corrected chi connectivity index (χ4v) is 10.7. The van der Waals surface area contributed by atoms with Crippen LogP contribution in [0.15, 0.2) is 46.5 Å². The Morgan fingerprint density at radius 3 is 1.59 bits per heavy atom. The summed E-state index contributed by atoms with van der Waals surface area (Å²) in [7, 11) is -7.02. The van der Waals surface area contributed by atoms with E-state index in [2.05, 4.69) is 62.4 Å². The average Bonchev–Trinajstić information content (AvgIpc) is 3.83. The van der Waals surface area contributed by atoms with Crippen molar-refractivity contribution in [3.05, 3.63) is 87.2 Å². The van der Waals surface area contributed by atoms with Crippen LogP contribution < -0.4 is 10.2 Å². The summed E-state index contributed by atoms with van der Waals surface area (Å²) in [5.41, 5.74) is 5.97. The van der Waals surface area contributed by atoms with E-state index in [-0.39, 0.29) is 57.9 Å². The van der Waals surface area contributed by atoms with Gasteiger partial charge in [0.05, 0.1) is 66.5 Å². The Kier molecular flexibility index (Phi) is 16.5. The maximum atomic E-state index is 12.5. The normalized spacial score (nSPS) is 15.6. The fourth-order valence-electron chi connectivity index (χ4n) is 8.68. The summed E-state index contributed by atoms with van der Waals surface area (Å²) in [5.74, 6) is 1.66. The van der Waals surface area contributed by atoms with E-state index < -0.39 is 31.6 Å². The molecule has 0 bridgehead atoms. The number of ether oxygens (including phenoxy) is 2. The number of hydrogen-bond acceptors (Lipinski definition) is 18. The van der Waals surface area contributed by atoms with Crippen molar-refractivity contribution in [1.82, 2.24) is 44.4 Å². The average molecular weight is 1040 g/mol. The van der Waals surface area contributed by atoms with Crippen molar-refractivity contribution in [3.8, 4) is 0 Å². The van der Waals surface area contributed by atoms with Crippen LogP contribution in [0.3, 0.4) is 0 Å². The molecule has 6 heterocycles. The van der Waals surface area contributed by atoms with E-state index in [1.54, 1.807) is 44.3 Å². The first-order valence-corrected chi connectivity index (χ1v) is 26.9. The maximum absolute atomic E-state index is 12.5. The molecule has 2 aromatic carbocycles. The van der Waals surface area contributed by atoms with Crippen LogP contribution in [0.1, 0.15) is 122 Å². The summed E-state index contributed by atoms with van der Waals surface area (Å²) < 4.78 is 63.8. The van der Waals surface area contributed by atoms with Gasteiger partial charge in [0.25, 0.3) is 0 Å². The Morgan fingerprint density at radius 1 is 0.676 bits per heavy atom. The Morgan fingerprint density at radius 2 is 1.15 bits per heavy atom. The number of halogens is 1. The molecule has 0 aliphatic carbocycles. The van der Waals surface area contributed by atoms with Gasteiger partial charge < -0.3 is 28.8 Å². The minimum atomic E-state index is -3.57. The van der Waals surface area contributed by atoms with Crippen molar-refractivity contribution in [2.75, 3.05) is 30.5 Å². The number of esters is 2. The molecule has 0 radical (unpaired) electrons. The lowest BCUT2D eigenvalue weighted by atomic mass is 10.00. The number of carbonyl (C=O) groups excluding carboxylic acids is 4. The highest BCUT2D eigenvalue weighted by Gasteiger charge is 2.35. The van der Waals surface area contributed by atoms with Crippen molar-refractivity contribution in [2.24, 2.45) is 11.8 Å². The summed E-state index contributed by atoms with van der Waals surface area (Å²) in [6, 6.07) is 6.64. The number of hydrogen-bond donors (Lipinski definition) is 1. The molecule has 20 nitrogen and oxygen atoms in total. The van der Waals surface area contributed by atoms with E-state index in [9.17, 15) is 36.0 Å². The Labute approximate surface area is 417 Å². The number of benzene rings is 2. The number of ketones is 2. The molecule has 0 fully saturated rings. The highest BCUT2D eigenvalue weighted by Crippen LogP contribution is 2.38. The molecule has 0 saturated heterocycles. The van der Waals surface area contributed by atoms with Crippen LogP contribution in [0, 0.1) is 25.7 Å². The predicted molar refractivity (Wildman–Crippen MR) is 266 cm³/mol. The lowest BCUT2D eigenvalue weighted by Crippen LogP contribution is -2.42. The second-order valence-corrected chi connectivity index (χ2v) is 22.5. The molecule has 0 saturated carbocycles. The zero-order valence-electron chi connectivity index (χ0n) is 41.8. The van der Waals surface area contributed by atoms with Crippen molar-refractivity contribution in [1.29, 1.82) is 0 Å². The number of rotatable bonds is 11. The first kappa shape index (κ1) is 54.1. The van der Waals surface area contributed by atoms with Gasteiger partial charge in [0.15, 0.2) is 31.2 Å². The minimum absolute atomic E-state index is 0.0424. The van der Waals surface area contributed by atoms with Crippen molar-refractivity contribution < 1.29 is 45.5 Å². The third-order valence-corrected chi connectivity index (χ3v) is 14.5. The monoisotopic (exact) mass is 1030 g/mol. The summed E-state index contributed by atoms with van der Waals surface area (Å²) in [6.07, 6.45) is 5.31. The number of aromatic nitrogens is 8. The topological polar surface area (TPSA) is 257 Å². The number of imidazole rings is 2. The zero-order valence-corrected chi connectivity index (χ0v) is 44.2. The number of nitrogens with one attached hydrogen (secondary N) is 1. The van der Waals surface area contributed by atoms with Crippen LogP contribution in [0.2, 0.25) is 5.28 Å². The molecule has 380 valence electrons. The van der Waals surface area contributed by atoms with Gasteiger partial charge in [0.1, 0.15) is 24.9 Å². The van der Waals surface area contributed by atoms with Gasteiger partial charge in [0, 0.05) is 76.1 Å². The van der Waals surface area contributed by atoms with Gasteiger partial charge in [-0.15, -0.1) is 0 Å². The van der Waals surface area contributed by atoms with E-state index >= 15 is 0 Å². The van der Waals surface area contributed by atoms with Gasteiger partial charge in [-0.05, 0) is 75.4 Å². The number of carbonyl (C=O) groups is 4. The standard InChI is InChI=1S/C24H29N5O5S.C17H23N3O4S.C7H7ClN2O/c1-13(2)22-23-27-19-9-17(12-34-16(5)31)21(35(6,32)33)10-20(19)28(23)7-8-29(22)24-25-11-18(15(4)30)14(3)26-24;1-10(2)16-17-19-13-7-12(9-24-11(3)21)15(25(4,22)23)8-14(13)20(17)6-5-18-16;1-4-6(5(2)11)3-9-7(8)10-4/h9-11,13,22H,7-8,12H2,1-6H3;7-8,10,16,18H,5-6,9H2,1-4H3;3H,1-2H3/t22-;16-;/m11./s1. The Hall–Kier alpha value is -6.23. The molecule has 1 N–H and O–H groups in total. The Balaban J connectivity index is 0.000000198. The molecule has 2 aliphatic rings. The lowest BCUT2D eigenvalue weighted by molar-refractivity contribution is -0.143. The molecule has 0 unspecified atom stereocenters. The number of Topliss-reactive ketones (excluding diaryl/α,β-unsaturated/α-hetero) is 2. The number of fused-ring (bicyclic) bond motifs is 6. The van der Waals surface area contributed by atoms with Gasteiger partial charge >= 0.3 is 11.9 Å². The molecule has 71 heavy (non-hydrogen) atoms. The molecule has 0 amide bonds. The molecule has 23 heteroatoms. The number of aryl methyl sites for hydroxylation is 2. The van der Waals surface area contributed by atoms with Gasteiger partial charge in [0.2, 0.25) is 11.2 Å². The molecule has 2 aliphatic heterocycles. The SMILES string of the molecule is CC(=O)OCc1cc2nc3n(c2cc1S(C)(=O)=O)CCN(c1ncc(C(C)=O)c(C)n1)[C@@H]3C(C)C.CC(=O)OCc1cc2nc3n(c2cc1S(C)(=O)=O)CCN[C@@H]3C(C)C.CC(=O)c1cnc(Cl)nc1C. The summed E-state index contributed by atoms with van der Waals surface area (Å²) in [6.45, 7) is 19.9. The summed E-state index contributed by atoms with van der Waals surface area (Å²) in [4.78, 5) is 73.8. The van der Waals surface area contributed by atoms with Crippen LogP contribution in [0.4, 0.5) is 5.95 Å². The first-order chi connectivity index (χ1) is 33.2. The second-order valence-electron chi connectivity index (χ2n) is 18.2. The number of nitrogens with zero attached hydrogens (tertiary/aromatic N) is 9. The van der Waals surface area contributed by atoms with Gasteiger partial charge in [-0.1, -0.05) is 27.7 Å². The van der Waals surface area contributed by atoms with Crippen molar-refractivity contribution in [3.63, 3.8) is 0 Å². The lowest BCUT2D eigenvalue weighted by Gasteiger charge is -2.38. The molecular formula is C48H59ClN10O10S2. The molecule has 6 aromatic rings. The van der Waals surface area contributed by atoms with E-state index in [0.717, 1.165) is 48.3 Å². The predicted octanol–water partition coefficient (Wildman–Crippen LogP) is 6.47. The van der Waals surface area contributed by atoms with E-state index in [1.807, 2.05) is 4.57 Å². The number of anilines is 1. The second kappa shape index (κ2) is 21.6. The van der Waals surface area contributed by atoms with Crippen LogP contribution in [0.25, 0.3) is 22.1 Å². The van der Waals surface area contributed by atoms with Crippen LogP contribution in [-0.4, -0.2) is 105 Å². The quantitative estimate of drug-likeness (QED) is 0.0829. The third-order valence-electron chi connectivity index (χ3n) is 12.0. The zero-order chi connectivity index (χ0) is 52.4. The van der Waals surface area contributed by atoms with E-state index in [4.69, 9.17) is 31.0 Å². The largest absolute Gasteiger partial charge is 0.461 e. The third kappa shape index (κ3) is 12.3. The van der Waals surface area contributed by atoms with Crippen LogP contribution in [0.5, 0.6) is 0 Å². The molecule has 0 spiro atoms. The molecule has 2 atom stereocenters. The van der Waals surface area contributed by atoms with E-state index in [0.29, 0.717) is 69.6 Å². The fraction of sp³-hybridized carbons (Fsp3) is 0.458. The van der Waals surface area contributed by atoms with Crippen LogP contribution in [-0.2, 0) is 65.0 Å². The molecular weight excluding hydrogens is 976 g/mol. The molecule has 8 rings (SSSR count). The smallest absolute Gasteiger partial charge is 0.302 e. The van der Waals surface area contributed by atoms with Crippen molar-refractivity contribution >= 4 is 82.8 Å². The highest BCUT2D eigenvalue weighted by atomic mass is 35.5. The minimum Gasteiger partial charge on any atom is -0.461 e. The number of sulfone groups is 2. The Bertz CT molecular complexity index is 3300. The maximum Gasteiger partial charge on any atom is 0.302 e. The summed E-state index contributed by atoms with van der Waals surface area (Å²) in [5, 5.41) is 3.64. The van der Waals surface area contributed by atoms with Gasteiger partial charge in [-0.3, -0.25) is 19.2 Å². The molecule has 4 aromatic heterocycles. The first-order valence-electron chi connectivity index (χ1n) is 22.7. The highest BCUT2D eigenvalue weighted by molar-refractivity contribution is 7.91. The summed E-state index contributed by atoms with van der Waals surface area (Å²) >= 11 is 5.49.